The zero-order valence-electron chi connectivity index (χ0n) is 15.3. The molecule has 5 nitrogen and oxygen atoms in total. The van der Waals surface area contributed by atoms with Gasteiger partial charge in [-0.1, -0.05) is 42.1 Å². The molecule has 0 aliphatic heterocycles. The van der Waals surface area contributed by atoms with Gasteiger partial charge in [-0.15, -0.1) is 6.58 Å². The van der Waals surface area contributed by atoms with Crippen molar-refractivity contribution in [3.8, 4) is 0 Å². The summed E-state index contributed by atoms with van der Waals surface area (Å²) in [5, 5.41) is 3.29. The molecule has 3 aromatic rings. The van der Waals surface area contributed by atoms with Crippen LogP contribution in [0.4, 0.5) is 5.69 Å². The summed E-state index contributed by atoms with van der Waals surface area (Å²) in [6, 6.07) is 14.8. The molecule has 27 heavy (non-hydrogen) atoms. The Morgan fingerprint density at radius 3 is 2.78 bits per heavy atom. The zero-order chi connectivity index (χ0) is 19.4. The standard InChI is InChI=1S/C21H21N3O2S/c1-4-12-24-19-11-6-5-10-18(19)23-21(24)27-15(3)20(26)22-17-9-7-8-16(13-17)14(2)25/h4-11,13,15H,1,12H2,2-3H3,(H,22,26). The minimum atomic E-state index is -0.355. The minimum absolute atomic E-state index is 0.0355. The van der Waals surface area contributed by atoms with Gasteiger partial charge in [0.25, 0.3) is 0 Å². The van der Waals surface area contributed by atoms with Crippen molar-refractivity contribution in [2.24, 2.45) is 0 Å². The van der Waals surface area contributed by atoms with Crippen LogP contribution >= 0.6 is 11.8 Å². The van der Waals surface area contributed by atoms with E-state index in [4.69, 9.17) is 0 Å². The summed E-state index contributed by atoms with van der Waals surface area (Å²) in [5.74, 6) is -0.176. The largest absolute Gasteiger partial charge is 0.325 e. The number of hydrogen-bond acceptors (Lipinski definition) is 4. The van der Waals surface area contributed by atoms with Crippen molar-refractivity contribution >= 4 is 40.2 Å². The highest BCUT2D eigenvalue weighted by Gasteiger charge is 2.19. The predicted octanol–water partition coefficient (Wildman–Crippen LogP) is 4.54. The van der Waals surface area contributed by atoms with Gasteiger partial charge in [-0.25, -0.2) is 4.98 Å². The van der Waals surface area contributed by atoms with Crippen LogP contribution in [0.2, 0.25) is 0 Å². The summed E-state index contributed by atoms with van der Waals surface area (Å²) in [4.78, 5) is 28.8. The van der Waals surface area contributed by atoms with E-state index in [1.54, 1.807) is 24.3 Å². The van der Waals surface area contributed by atoms with Crippen LogP contribution in [0.25, 0.3) is 11.0 Å². The lowest BCUT2D eigenvalue weighted by Crippen LogP contribution is -2.23. The second-order valence-electron chi connectivity index (χ2n) is 6.17. The smallest absolute Gasteiger partial charge is 0.237 e. The van der Waals surface area contributed by atoms with Crippen molar-refractivity contribution in [2.45, 2.75) is 30.8 Å². The average molecular weight is 379 g/mol. The number of rotatable bonds is 7. The van der Waals surface area contributed by atoms with E-state index in [-0.39, 0.29) is 16.9 Å². The number of imidazole rings is 1. The number of aromatic nitrogens is 2. The fourth-order valence-electron chi connectivity index (χ4n) is 2.72. The summed E-state index contributed by atoms with van der Waals surface area (Å²) >= 11 is 1.40. The molecule has 3 rings (SSSR count). The third-order valence-corrected chi connectivity index (χ3v) is 5.21. The molecule has 0 fully saturated rings. The number of nitrogens with one attached hydrogen (secondary N) is 1. The van der Waals surface area contributed by atoms with Gasteiger partial charge in [0.05, 0.1) is 16.3 Å². The molecule has 2 aromatic carbocycles. The number of fused-ring (bicyclic) bond motifs is 1. The van der Waals surface area contributed by atoms with Gasteiger partial charge in [0.1, 0.15) is 0 Å². The molecule has 0 bridgehead atoms. The third-order valence-electron chi connectivity index (χ3n) is 4.12. The van der Waals surface area contributed by atoms with E-state index in [1.807, 2.05) is 41.8 Å². The van der Waals surface area contributed by atoms with Crippen LogP contribution in [0.15, 0.2) is 66.3 Å². The molecular weight excluding hydrogens is 358 g/mol. The first-order valence-electron chi connectivity index (χ1n) is 8.64. The quantitative estimate of drug-likeness (QED) is 0.372. The number of nitrogens with zero attached hydrogens (tertiary/aromatic N) is 2. The number of amides is 1. The first kappa shape index (κ1) is 18.9. The Balaban J connectivity index is 1.78. The molecule has 1 N–H and O–H groups in total. The molecule has 6 heteroatoms. The Morgan fingerprint density at radius 1 is 1.26 bits per heavy atom. The maximum Gasteiger partial charge on any atom is 0.237 e. The highest BCUT2D eigenvalue weighted by Crippen LogP contribution is 2.28. The average Bonchev–Trinajstić information content (AvgIpc) is 2.99. The van der Waals surface area contributed by atoms with Crippen LogP contribution in [-0.4, -0.2) is 26.5 Å². The maximum atomic E-state index is 12.6. The first-order chi connectivity index (χ1) is 13.0. The van der Waals surface area contributed by atoms with Crippen molar-refractivity contribution < 1.29 is 9.59 Å². The van der Waals surface area contributed by atoms with Crippen LogP contribution in [0, 0.1) is 0 Å². The molecule has 0 spiro atoms. The molecule has 138 valence electrons. The van der Waals surface area contributed by atoms with Gasteiger partial charge < -0.3 is 9.88 Å². The van der Waals surface area contributed by atoms with Gasteiger partial charge in [-0.3, -0.25) is 9.59 Å². The molecule has 1 amide bonds. The number of para-hydroxylation sites is 2. The molecule has 0 saturated carbocycles. The van der Waals surface area contributed by atoms with Crippen molar-refractivity contribution in [3.63, 3.8) is 0 Å². The minimum Gasteiger partial charge on any atom is -0.325 e. The van der Waals surface area contributed by atoms with E-state index < -0.39 is 0 Å². The summed E-state index contributed by atoms with van der Waals surface area (Å²) in [7, 11) is 0. The Labute approximate surface area is 162 Å². The van der Waals surface area contributed by atoms with E-state index >= 15 is 0 Å². The lowest BCUT2D eigenvalue weighted by atomic mass is 10.1. The number of anilines is 1. The maximum absolute atomic E-state index is 12.6. The van der Waals surface area contributed by atoms with Gasteiger partial charge >= 0.3 is 0 Å². The number of carbonyl (C=O) groups excluding carboxylic acids is 2. The summed E-state index contributed by atoms with van der Waals surface area (Å²) in [6.45, 7) is 7.78. The molecule has 0 aliphatic carbocycles. The second kappa shape index (κ2) is 8.22. The predicted molar refractivity (Wildman–Crippen MR) is 110 cm³/mol. The normalized spacial score (nSPS) is 11.9. The zero-order valence-corrected chi connectivity index (χ0v) is 16.1. The van der Waals surface area contributed by atoms with E-state index in [9.17, 15) is 9.59 Å². The number of carbonyl (C=O) groups is 2. The Hall–Kier alpha value is -2.86. The van der Waals surface area contributed by atoms with Crippen LogP contribution in [-0.2, 0) is 11.3 Å². The van der Waals surface area contributed by atoms with Crippen molar-refractivity contribution in [2.75, 3.05) is 5.32 Å². The van der Waals surface area contributed by atoms with Crippen LogP contribution < -0.4 is 5.32 Å². The van der Waals surface area contributed by atoms with E-state index in [2.05, 4.69) is 16.9 Å². The molecule has 0 saturated heterocycles. The van der Waals surface area contributed by atoms with E-state index in [1.165, 1.54) is 18.7 Å². The van der Waals surface area contributed by atoms with Crippen molar-refractivity contribution in [1.82, 2.24) is 9.55 Å². The second-order valence-corrected chi connectivity index (χ2v) is 7.48. The number of ketones is 1. The van der Waals surface area contributed by atoms with Crippen LogP contribution in [0.5, 0.6) is 0 Å². The van der Waals surface area contributed by atoms with Crippen molar-refractivity contribution in [3.05, 3.63) is 66.7 Å². The molecule has 0 radical (unpaired) electrons. The van der Waals surface area contributed by atoms with Gasteiger partial charge in [0.2, 0.25) is 5.91 Å². The molecule has 1 heterocycles. The Kier molecular flexibility index (Phi) is 5.76. The molecule has 1 atom stereocenters. The van der Waals surface area contributed by atoms with Crippen LogP contribution in [0.1, 0.15) is 24.2 Å². The Bertz CT molecular complexity index is 1010. The monoisotopic (exact) mass is 379 g/mol. The SMILES string of the molecule is C=CCn1c(SC(C)C(=O)Nc2cccc(C(C)=O)c2)nc2ccccc21. The summed E-state index contributed by atoms with van der Waals surface area (Å²) in [6.07, 6.45) is 1.82. The lowest BCUT2D eigenvalue weighted by molar-refractivity contribution is -0.115. The number of thioether (sulfide) groups is 1. The third kappa shape index (κ3) is 4.28. The fraction of sp³-hybridized carbons (Fsp3) is 0.190. The molecular formula is C21H21N3O2S. The fourth-order valence-corrected chi connectivity index (χ4v) is 3.65. The van der Waals surface area contributed by atoms with Crippen molar-refractivity contribution in [1.29, 1.82) is 0 Å². The Morgan fingerprint density at radius 2 is 2.04 bits per heavy atom. The molecule has 1 aromatic heterocycles. The highest BCUT2D eigenvalue weighted by atomic mass is 32.2. The van der Waals surface area contributed by atoms with Crippen LogP contribution in [0.3, 0.4) is 0 Å². The van der Waals surface area contributed by atoms with Gasteiger partial charge in [0, 0.05) is 17.8 Å². The number of benzene rings is 2. The van der Waals surface area contributed by atoms with Gasteiger partial charge in [0.15, 0.2) is 10.9 Å². The first-order valence-corrected chi connectivity index (χ1v) is 9.52. The van der Waals surface area contributed by atoms with Gasteiger partial charge in [-0.2, -0.15) is 0 Å². The highest BCUT2D eigenvalue weighted by molar-refractivity contribution is 8.00. The number of Topliss-reactive ketones (excluding diaryl/α,β-unsaturated/α-hetero) is 1. The number of hydrogen-bond donors (Lipinski definition) is 1. The number of allylic oxidation sites excluding steroid dienone is 1. The summed E-state index contributed by atoms with van der Waals surface area (Å²) in [5.41, 5.74) is 3.09. The lowest BCUT2D eigenvalue weighted by Gasteiger charge is -2.13. The summed E-state index contributed by atoms with van der Waals surface area (Å²) < 4.78 is 2.05. The molecule has 1 unspecified atom stereocenters. The van der Waals surface area contributed by atoms with E-state index in [0.29, 0.717) is 17.8 Å². The van der Waals surface area contributed by atoms with E-state index in [0.717, 1.165) is 16.2 Å². The van der Waals surface area contributed by atoms with Gasteiger partial charge in [-0.05, 0) is 38.1 Å². The molecule has 0 aliphatic rings. The topological polar surface area (TPSA) is 64.0 Å².